The molecule has 12 heteroatoms. The van der Waals surface area contributed by atoms with Gasteiger partial charge < -0.3 is 35.0 Å². The van der Waals surface area contributed by atoms with Crippen molar-refractivity contribution >= 4 is 17.6 Å². The molecule has 1 atom stereocenters. The van der Waals surface area contributed by atoms with E-state index in [-0.39, 0.29) is 42.2 Å². The Hall–Kier alpha value is -4.26. The van der Waals surface area contributed by atoms with Gasteiger partial charge in [0, 0.05) is 43.2 Å². The van der Waals surface area contributed by atoms with E-state index in [1.807, 2.05) is 18.2 Å². The number of carboxylic acid groups (broad SMARTS) is 2. The van der Waals surface area contributed by atoms with Crippen molar-refractivity contribution in [1.82, 2.24) is 10.2 Å². The Kier molecular flexibility index (Phi) is 10.6. The summed E-state index contributed by atoms with van der Waals surface area (Å²) in [6.07, 6.45) is -0.714. The van der Waals surface area contributed by atoms with Gasteiger partial charge in [0.2, 0.25) is 0 Å². The molecule has 0 bridgehead atoms. The maximum absolute atomic E-state index is 12.5. The van der Waals surface area contributed by atoms with Crippen LogP contribution < -0.4 is 10.1 Å². The number of carboxylic acids is 2. The van der Waals surface area contributed by atoms with Gasteiger partial charge in [-0.05, 0) is 38.5 Å². The second-order valence-electron chi connectivity index (χ2n) is 9.71. The molecule has 2 aromatic carbocycles. The summed E-state index contributed by atoms with van der Waals surface area (Å²) in [6.45, 7) is 6.16. The van der Waals surface area contributed by atoms with Crippen molar-refractivity contribution in [3.63, 3.8) is 0 Å². The van der Waals surface area contributed by atoms with E-state index in [9.17, 15) is 35.0 Å². The zero-order chi connectivity index (χ0) is 30.2. The number of nitrogens with one attached hydrogen (secondary N) is 1. The van der Waals surface area contributed by atoms with E-state index in [4.69, 9.17) is 9.47 Å². The maximum atomic E-state index is 12.5. The summed E-state index contributed by atoms with van der Waals surface area (Å²) in [7, 11) is 0. The predicted octanol–water partition coefficient (Wildman–Crippen LogP) is 2.93. The molecule has 0 amide bonds. The van der Waals surface area contributed by atoms with Crippen molar-refractivity contribution in [2.45, 2.75) is 32.3 Å². The minimum atomic E-state index is -1.65. The molecular formula is C29H35N3O9. The van der Waals surface area contributed by atoms with E-state index in [1.54, 1.807) is 30.9 Å². The summed E-state index contributed by atoms with van der Waals surface area (Å²) in [5.74, 6) is -1.98. The van der Waals surface area contributed by atoms with Crippen LogP contribution in [0.4, 0.5) is 5.69 Å². The van der Waals surface area contributed by atoms with Gasteiger partial charge in [0.05, 0.1) is 34.7 Å². The third kappa shape index (κ3) is 7.28. The van der Waals surface area contributed by atoms with Gasteiger partial charge in [-0.15, -0.1) is 0 Å². The fraction of sp³-hybridized carbons (Fsp3) is 0.379. The highest BCUT2D eigenvalue weighted by atomic mass is 16.6. The van der Waals surface area contributed by atoms with Gasteiger partial charge in [0.1, 0.15) is 18.5 Å². The second-order valence-corrected chi connectivity index (χ2v) is 9.71. The lowest BCUT2D eigenvalue weighted by molar-refractivity contribution is -0.385. The van der Waals surface area contributed by atoms with Crippen LogP contribution in [0.1, 0.15) is 26.3 Å². The highest BCUT2D eigenvalue weighted by Gasteiger charge is 2.49. The zero-order valence-electron chi connectivity index (χ0n) is 23.2. The molecular weight excluding hydrogens is 534 g/mol. The summed E-state index contributed by atoms with van der Waals surface area (Å²) in [5, 5.41) is 44.9. The monoisotopic (exact) mass is 569 g/mol. The highest BCUT2D eigenvalue weighted by molar-refractivity contribution is 6.00. The number of hydrogen-bond acceptors (Lipinski definition) is 9. The average Bonchev–Trinajstić information content (AvgIpc) is 2.93. The number of ether oxygens (including phenoxy) is 2. The Labute approximate surface area is 237 Å². The number of para-hydroxylation sites is 1. The summed E-state index contributed by atoms with van der Waals surface area (Å²) in [6, 6.07) is 14.5. The summed E-state index contributed by atoms with van der Waals surface area (Å²) in [5.41, 5.74) is -1.46. The quantitative estimate of drug-likeness (QED) is 0.141. The van der Waals surface area contributed by atoms with Crippen LogP contribution in [0.3, 0.4) is 0 Å². The van der Waals surface area contributed by atoms with Crippen LogP contribution in [0.15, 0.2) is 77.1 Å². The van der Waals surface area contributed by atoms with Gasteiger partial charge in [0.25, 0.3) is 5.69 Å². The van der Waals surface area contributed by atoms with Crippen LogP contribution in [-0.2, 0) is 19.7 Å². The number of allylic oxidation sites excluding steroid dienone is 2. The molecule has 41 heavy (non-hydrogen) atoms. The van der Waals surface area contributed by atoms with Crippen LogP contribution in [-0.4, -0.2) is 82.6 Å². The van der Waals surface area contributed by atoms with Crippen LogP contribution >= 0.6 is 0 Å². The van der Waals surface area contributed by atoms with Gasteiger partial charge in [-0.2, -0.15) is 0 Å². The van der Waals surface area contributed by atoms with Crippen LogP contribution in [0.5, 0.6) is 5.75 Å². The summed E-state index contributed by atoms with van der Waals surface area (Å²) in [4.78, 5) is 37.4. The summed E-state index contributed by atoms with van der Waals surface area (Å²) < 4.78 is 11.2. The van der Waals surface area contributed by atoms with Crippen LogP contribution in [0.25, 0.3) is 0 Å². The molecule has 0 radical (unpaired) electrons. The first-order valence-corrected chi connectivity index (χ1v) is 13.0. The summed E-state index contributed by atoms with van der Waals surface area (Å²) >= 11 is 0. The lowest BCUT2D eigenvalue weighted by atomic mass is 9.67. The van der Waals surface area contributed by atoms with E-state index in [2.05, 4.69) is 5.32 Å². The molecule has 2 aromatic rings. The number of aliphatic hydroxyl groups excluding tert-OH is 1. The number of nitro groups is 1. The van der Waals surface area contributed by atoms with Gasteiger partial charge in [-0.3, -0.25) is 10.1 Å². The van der Waals surface area contributed by atoms with E-state index in [0.29, 0.717) is 36.8 Å². The Morgan fingerprint density at radius 2 is 1.66 bits per heavy atom. The van der Waals surface area contributed by atoms with Gasteiger partial charge in [-0.1, -0.05) is 30.3 Å². The van der Waals surface area contributed by atoms with E-state index in [1.165, 1.54) is 31.2 Å². The minimum absolute atomic E-state index is 0.136. The molecule has 1 heterocycles. The van der Waals surface area contributed by atoms with Crippen molar-refractivity contribution in [2.75, 3.05) is 39.5 Å². The first kappa shape index (κ1) is 31.3. The van der Waals surface area contributed by atoms with Crippen molar-refractivity contribution in [2.24, 2.45) is 0 Å². The molecule has 220 valence electrons. The number of aliphatic carboxylic acids is 2. The molecule has 0 fully saturated rings. The molecule has 1 aliphatic heterocycles. The largest absolute Gasteiger partial charge is 0.491 e. The lowest BCUT2D eigenvalue weighted by Gasteiger charge is -2.42. The van der Waals surface area contributed by atoms with Gasteiger partial charge >= 0.3 is 11.9 Å². The van der Waals surface area contributed by atoms with Crippen molar-refractivity contribution < 1.29 is 39.3 Å². The number of carbonyl (C=O) groups is 2. The SMILES string of the molecule is CC1=C(C(=O)O)C(C)(c2cccc([N+](=O)[O-])c2)C(C(=O)O)=C(C)N1CCOCCNCC(O)COc1ccccc1. The molecule has 0 saturated carbocycles. The number of benzene rings is 2. The molecule has 0 saturated heterocycles. The Bertz CT molecular complexity index is 1290. The second kappa shape index (κ2) is 13.9. The zero-order valence-corrected chi connectivity index (χ0v) is 23.2. The highest BCUT2D eigenvalue weighted by Crippen LogP contribution is 2.47. The third-order valence-electron chi connectivity index (χ3n) is 7.04. The molecule has 0 aromatic heterocycles. The first-order valence-electron chi connectivity index (χ1n) is 13.0. The minimum Gasteiger partial charge on any atom is -0.491 e. The normalized spacial score (nSPS) is 15.6. The number of rotatable bonds is 15. The molecule has 0 spiro atoms. The van der Waals surface area contributed by atoms with E-state index in [0.717, 1.165) is 0 Å². The number of aliphatic hydroxyl groups is 1. The van der Waals surface area contributed by atoms with Crippen molar-refractivity contribution in [1.29, 1.82) is 0 Å². The third-order valence-corrected chi connectivity index (χ3v) is 7.04. The Balaban J connectivity index is 1.64. The molecule has 0 aliphatic carbocycles. The number of nitrogens with zero attached hydrogens (tertiary/aromatic N) is 2. The number of nitro benzene ring substituents is 1. The smallest absolute Gasteiger partial charge is 0.334 e. The Morgan fingerprint density at radius 3 is 2.24 bits per heavy atom. The first-order chi connectivity index (χ1) is 19.5. The van der Waals surface area contributed by atoms with Crippen molar-refractivity contribution in [3.05, 3.63) is 92.8 Å². The molecule has 1 aliphatic rings. The Morgan fingerprint density at radius 1 is 1.02 bits per heavy atom. The predicted molar refractivity (Wildman–Crippen MR) is 149 cm³/mol. The van der Waals surface area contributed by atoms with E-state index < -0.39 is 28.4 Å². The molecule has 12 nitrogen and oxygen atoms in total. The van der Waals surface area contributed by atoms with Crippen LogP contribution in [0.2, 0.25) is 0 Å². The maximum Gasteiger partial charge on any atom is 0.334 e. The van der Waals surface area contributed by atoms with Gasteiger partial charge in [-0.25, -0.2) is 9.59 Å². The number of hydrogen-bond donors (Lipinski definition) is 4. The molecule has 3 rings (SSSR count). The van der Waals surface area contributed by atoms with Crippen LogP contribution in [0, 0.1) is 10.1 Å². The van der Waals surface area contributed by atoms with E-state index >= 15 is 0 Å². The fourth-order valence-electron chi connectivity index (χ4n) is 5.10. The van der Waals surface area contributed by atoms with Gasteiger partial charge in [0.15, 0.2) is 0 Å². The molecule has 1 unspecified atom stereocenters. The fourth-order valence-corrected chi connectivity index (χ4v) is 5.10. The standard InChI is InChI=1S/C29H35N3O9/c1-19-25(27(34)35)29(3,21-8-7-9-22(16-21)32(38)39)26(28(36)37)20(2)31(19)13-15-40-14-12-30-17-23(33)18-41-24-10-5-4-6-11-24/h4-11,16,23,30,33H,12-15,17-18H2,1-3H3,(H,34,35)(H,36,37). The van der Waals surface area contributed by atoms with Crippen molar-refractivity contribution in [3.8, 4) is 5.75 Å². The molecule has 4 N–H and O–H groups in total. The topological polar surface area (TPSA) is 172 Å². The average molecular weight is 570 g/mol. The number of non-ortho nitro benzene ring substituents is 1. The lowest BCUT2D eigenvalue weighted by Crippen LogP contribution is -2.44.